The molecule has 1 aliphatic rings. The van der Waals surface area contributed by atoms with Crippen LogP contribution in [0.25, 0.3) is 0 Å². The Bertz CT molecular complexity index is 303. The number of hydrogen-bond donors (Lipinski definition) is 0. The maximum Gasteiger partial charge on any atom is 0.397 e. The van der Waals surface area contributed by atoms with Crippen molar-refractivity contribution in [3.8, 4) is 0 Å². The van der Waals surface area contributed by atoms with Crippen LogP contribution < -0.4 is 0 Å². The number of methoxy groups -OCH3 is 1. The van der Waals surface area contributed by atoms with Gasteiger partial charge in [-0.05, 0) is 12.8 Å². The lowest BCUT2D eigenvalue weighted by molar-refractivity contribution is 0.0545. The molecule has 1 aromatic rings. The van der Waals surface area contributed by atoms with E-state index in [4.69, 9.17) is 0 Å². The van der Waals surface area contributed by atoms with Gasteiger partial charge < -0.3 is 9.26 Å². The fraction of sp³-hybridized carbons (Fsp3) is 0.571. The molecule has 0 amide bonds. The summed E-state index contributed by atoms with van der Waals surface area (Å²) in [4.78, 5) is 14.7. The minimum Gasteiger partial charge on any atom is -0.462 e. The van der Waals surface area contributed by atoms with Crippen molar-refractivity contribution in [2.75, 3.05) is 7.11 Å². The van der Waals surface area contributed by atoms with Crippen LogP contribution in [0.15, 0.2) is 4.52 Å². The molecule has 0 bridgehead atoms. The number of nitrogens with zero attached hydrogens (tertiary/aromatic N) is 2. The standard InChI is InChI=1S/C7H8N2O3/c1-11-7(10)6-8-5(9-12-6)4-2-3-4/h4H,2-3H2,1H3. The van der Waals surface area contributed by atoms with E-state index in [0.717, 1.165) is 12.8 Å². The molecule has 0 radical (unpaired) electrons. The van der Waals surface area contributed by atoms with Gasteiger partial charge in [0.1, 0.15) is 0 Å². The van der Waals surface area contributed by atoms with Crippen LogP contribution in [-0.4, -0.2) is 23.2 Å². The van der Waals surface area contributed by atoms with E-state index in [-0.39, 0.29) is 5.89 Å². The third-order valence-electron chi connectivity index (χ3n) is 1.74. The number of ether oxygens (including phenoxy) is 1. The van der Waals surface area contributed by atoms with Gasteiger partial charge in [0, 0.05) is 5.92 Å². The van der Waals surface area contributed by atoms with Crippen molar-refractivity contribution in [3.63, 3.8) is 0 Å². The first-order chi connectivity index (χ1) is 5.81. The van der Waals surface area contributed by atoms with Gasteiger partial charge in [0.15, 0.2) is 5.82 Å². The first kappa shape index (κ1) is 7.27. The Morgan fingerprint density at radius 1 is 1.67 bits per heavy atom. The molecule has 0 spiro atoms. The summed E-state index contributed by atoms with van der Waals surface area (Å²) in [6.07, 6.45) is 2.17. The maximum absolute atomic E-state index is 10.9. The van der Waals surface area contributed by atoms with Gasteiger partial charge in [0.05, 0.1) is 7.11 Å². The van der Waals surface area contributed by atoms with Crippen LogP contribution in [0.1, 0.15) is 35.3 Å². The largest absolute Gasteiger partial charge is 0.462 e. The molecular formula is C7H8N2O3. The van der Waals surface area contributed by atoms with Gasteiger partial charge >= 0.3 is 11.9 Å². The lowest BCUT2D eigenvalue weighted by Gasteiger charge is -1.87. The van der Waals surface area contributed by atoms with Crippen LogP contribution in [0.3, 0.4) is 0 Å². The van der Waals surface area contributed by atoms with Gasteiger partial charge in [-0.3, -0.25) is 0 Å². The van der Waals surface area contributed by atoms with Gasteiger partial charge in [0.2, 0.25) is 0 Å². The third kappa shape index (κ3) is 1.17. The second-order valence-electron chi connectivity index (χ2n) is 2.72. The van der Waals surface area contributed by atoms with Crippen LogP contribution in [0, 0.1) is 0 Å². The molecule has 0 N–H and O–H groups in total. The summed E-state index contributed by atoms with van der Waals surface area (Å²) in [5, 5.41) is 3.66. The van der Waals surface area contributed by atoms with E-state index in [1.54, 1.807) is 0 Å². The summed E-state index contributed by atoms with van der Waals surface area (Å²) in [5.74, 6) is 0.386. The molecule has 1 aliphatic carbocycles. The second-order valence-corrected chi connectivity index (χ2v) is 2.72. The predicted octanol–water partition coefficient (Wildman–Crippen LogP) is 0.734. The van der Waals surface area contributed by atoms with Gasteiger partial charge in [-0.2, -0.15) is 4.98 Å². The molecule has 12 heavy (non-hydrogen) atoms. The van der Waals surface area contributed by atoms with E-state index in [1.807, 2.05) is 0 Å². The number of carbonyl (C=O) groups excluding carboxylic acids is 1. The Hall–Kier alpha value is -1.39. The number of hydrogen-bond acceptors (Lipinski definition) is 5. The summed E-state index contributed by atoms with van der Waals surface area (Å²) >= 11 is 0. The van der Waals surface area contributed by atoms with Gasteiger partial charge in [0.25, 0.3) is 0 Å². The zero-order valence-corrected chi connectivity index (χ0v) is 6.61. The maximum atomic E-state index is 10.9. The van der Waals surface area contributed by atoms with Gasteiger partial charge in [-0.1, -0.05) is 5.16 Å². The van der Waals surface area contributed by atoms with Crippen molar-refractivity contribution >= 4 is 5.97 Å². The zero-order chi connectivity index (χ0) is 8.55. The zero-order valence-electron chi connectivity index (χ0n) is 6.61. The highest BCUT2D eigenvalue weighted by atomic mass is 16.6. The van der Waals surface area contributed by atoms with Crippen LogP contribution in [0.4, 0.5) is 0 Å². The summed E-state index contributed by atoms with van der Waals surface area (Å²) in [6.45, 7) is 0. The minimum absolute atomic E-state index is 0.0561. The molecule has 64 valence electrons. The van der Waals surface area contributed by atoms with Gasteiger partial charge in [-0.25, -0.2) is 4.79 Å². The average molecular weight is 168 g/mol. The third-order valence-corrected chi connectivity index (χ3v) is 1.74. The first-order valence-corrected chi connectivity index (χ1v) is 3.73. The molecule has 2 rings (SSSR count). The van der Waals surface area contributed by atoms with E-state index >= 15 is 0 Å². The fourth-order valence-electron chi connectivity index (χ4n) is 0.912. The van der Waals surface area contributed by atoms with Crippen LogP contribution in [0.5, 0.6) is 0 Å². The highest BCUT2D eigenvalue weighted by molar-refractivity contribution is 5.83. The van der Waals surface area contributed by atoms with E-state index in [1.165, 1.54) is 7.11 Å². The predicted molar refractivity (Wildman–Crippen MR) is 37.6 cm³/mol. The molecule has 0 atom stereocenters. The Labute approximate surface area is 68.7 Å². The molecule has 1 heterocycles. The van der Waals surface area contributed by atoms with Crippen molar-refractivity contribution < 1.29 is 14.1 Å². The van der Waals surface area contributed by atoms with E-state index in [2.05, 4.69) is 19.4 Å². The normalized spacial score (nSPS) is 16.1. The van der Waals surface area contributed by atoms with Crippen LogP contribution in [0.2, 0.25) is 0 Å². The van der Waals surface area contributed by atoms with E-state index in [9.17, 15) is 4.79 Å². The Balaban J connectivity index is 2.17. The number of aromatic nitrogens is 2. The van der Waals surface area contributed by atoms with E-state index in [0.29, 0.717) is 11.7 Å². The summed E-state index contributed by atoms with van der Waals surface area (Å²) in [7, 11) is 1.28. The topological polar surface area (TPSA) is 65.2 Å². The lowest BCUT2D eigenvalue weighted by atomic mass is 10.4. The molecule has 0 aromatic carbocycles. The highest BCUT2D eigenvalue weighted by Gasteiger charge is 2.30. The molecule has 5 nitrogen and oxygen atoms in total. The summed E-state index contributed by atoms with van der Waals surface area (Å²) in [5.41, 5.74) is 0. The van der Waals surface area contributed by atoms with E-state index < -0.39 is 5.97 Å². The monoisotopic (exact) mass is 168 g/mol. The molecular weight excluding hydrogens is 160 g/mol. The van der Waals surface area contributed by atoms with Crippen molar-refractivity contribution in [1.29, 1.82) is 0 Å². The second kappa shape index (κ2) is 2.58. The quantitative estimate of drug-likeness (QED) is 0.609. The average Bonchev–Trinajstić information content (AvgIpc) is 2.83. The number of rotatable bonds is 2. The molecule has 5 heteroatoms. The number of esters is 1. The van der Waals surface area contributed by atoms with Crippen LogP contribution >= 0.6 is 0 Å². The Morgan fingerprint density at radius 2 is 2.42 bits per heavy atom. The first-order valence-electron chi connectivity index (χ1n) is 3.73. The van der Waals surface area contributed by atoms with Crippen molar-refractivity contribution in [2.24, 2.45) is 0 Å². The SMILES string of the molecule is COC(=O)c1nc(C2CC2)no1. The fourth-order valence-corrected chi connectivity index (χ4v) is 0.912. The highest BCUT2D eigenvalue weighted by Crippen LogP contribution is 2.38. The minimum atomic E-state index is -0.575. The number of carbonyl (C=O) groups is 1. The Morgan fingerprint density at radius 3 is 3.00 bits per heavy atom. The molecule has 0 aliphatic heterocycles. The summed E-state index contributed by atoms with van der Waals surface area (Å²) < 4.78 is 9.10. The van der Waals surface area contributed by atoms with Gasteiger partial charge in [-0.15, -0.1) is 0 Å². The molecule has 1 saturated carbocycles. The summed E-state index contributed by atoms with van der Waals surface area (Å²) in [6, 6.07) is 0. The van der Waals surface area contributed by atoms with Crippen molar-refractivity contribution in [1.82, 2.24) is 10.1 Å². The molecule has 1 aromatic heterocycles. The molecule has 1 fully saturated rings. The van der Waals surface area contributed by atoms with Crippen LogP contribution in [-0.2, 0) is 4.74 Å². The smallest absolute Gasteiger partial charge is 0.397 e. The lowest BCUT2D eigenvalue weighted by Crippen LogP contribution is -2.01. The Kier molecular flexibility index (Phi) is 1.56. The molecule has 0 unspecified atom stereocenters. The van der Waals surface area contributed by atoms with Crippen molar-refractivity contribution in [2.45, 2.75) is 18.8 Å². The molecule has 0 saturated heterocycles. The van der Waals surface area contributed by atoms with Crippen molar-refractivity contribution in [3.05, 3.63) is 11.7 Å².